The summed E-state index contributed by atoms with van der Waals surface area (Å²) < 4.78 is 25.8. The summed E-state index contributed by atoms with van der Waals surface area (Å²) in [5.41, 5.74) is -2.66. The standard InChI is InChI=1S/C20H27NO6.C13H21NO6/c1-14(16(22)25-13-15-9-7-6-8-10-15)26-17(23)20(11-12-20)21(5)18(24)27-19(2,3)4;1-8(9(15)16)19-10(17)13(6-7-13)14(5)11(18)20-12(2,3)4/h6-10,14H,11-13H2,1-5H3;8H,6-7H2,1-5H3,(H,15,16)/t14-;8-/m11/s1. The topological polar surface area (TPSA) is 175 Å². The predicted octanol–water partition coefficient (Wildman–Crippen LogP) is 4.46. The van der Waals surface area contributed by atoms with Crippen molar-refractivity contribution in [1.29, 1.82) is 0 Å². The van der Waals surface area contributed by atoms with Gasteiger partial charge in [-0.05, 0) is 86.6 Å². The molecule has 0 heterocycles. The zero-order valence-electron chi connectivity index (χ0n) is 28.9. The molecule has 1 aromatic rings. The van der Waals surface area contributed by atoms with Gasteiger partial charge in [-0.3, -0.25) is 9.80 Å². The molecule has 2 saturated carbocycles. The highest BCUT2D eigenvalue weighted by Gasteiger charge is 2.59. The van der Waals surface area contributed by atoms with Crippen LogP contribution < -0.4 is 0 Å². The molecule has 2 amide bonds. The lowest BCUT2D eigenvalue weighted by Gasteiger charge is -2.30. The smallest absolute Gasteiger partial charge is 0.410 e. The van der Waals surface area contributed by atoms with E-state index in [9.17, 15) is 28.8 Å². The van der Waals surface area contributed by atoms with Crippen LogP contribution in [0.2, 0.25) is 0 Å². The molecule has 1 N–H and O–H groups in total. The van der Waals surface area contributed by atoms with E-state index in [1.165, 1.54) is 37.7 Å². The largest absolute Gasteiger partial charge is 0.479 e. The third kappa shape index (κ3) is 11.1. The predicted molar refractivity (Wildman–Crippen MR) is 167 cm³/mol. The van der Waals surface area contributed by atoms with Gasteiger partial charge >= 0.3 is 36.1 Å². The Balaban J connectivity index is 0.000000343. The van der Waals surface area contributed by atoms with E-state index in [2.05, 4.69) is 0 Å². The van der Waals surface area contributed by atoms with Crippen LogP contribution in [0.25, 0.3) is 0 Å². The number of carboxylic acid groups (broad SMARTS) is 1. The Morgan fingerprint density at radius 1 is 0.723 bits per heavy atom. The lowest BCUT2D eigenvalue weighted by molar-refractivity contribution is -0.171. The van der Waals surface area contributed by atoms with Gasteiger partial charge in [-0.15, -0.1) is 0 Å². The van der Waals surface area contributed by atoms with E-state index in [-0.39, 0.29) is 6.61 Å². The number of hydrogen-bond donors (Lipinski definition) is 1. The Hall–Kier alpha value is -4.36. The highest BCUT2D eigenvalue weighted by atomic mass is 16.6. The van der Waals surface area contributed by atoms with E-state index in [4.69, 9.17) is 28.8 Å². The monoisotopic (exact) mass is 664 g/mol. The van der Waals surface area contributed by atoms with Crippen LogP contribution in [0.3, 0.4) is 0 Å². The Labute approximate surface area is 275 Å². The van der Waals surface area contributed by atoms with Crippen molar-refractivity contribution in [2.24, 2.45) is 0 Å². The summed E-state index contributed by atoms with van der Waals surface area (Å²) in [5, 5.41) is 8.74. The number of carboxylic acids is 1. The van der Waals surface area contributed by atoms with Gasteiger partial charge in [0.25, 0.3) is 0 Å². The molecule has 2 aliphatic carbocycles. The minimum Gasteiger partial charge on any atom is -0.479 e. The molecule has 2 aliphatic rings. The zero-order chi connectivity index (χ0) is 36.0. The van der Waals surface area contributed by atoms with Gasteiger partial charge in [-0.2, -0.15) is 0 Å². The minimum atomic E-state index is -1.24. The second-order valence-electron chi connectivity index (χ2n) is 13.7. The first-order valence-electron chi connectivity index (χ1n) is 15.3. The van der Waals surface area contributed by atoms with Crippen molar-refractivity contribution >= 4 is 36.1 Å². The Morgan fingerprint density at radius 3 is 1.45 bits per heavy atom. The molecule has 0 spiro atoms. The minimum absolute atomic E-state index is 0.102. The van der Waals surface area contributed by atoms with E-state index in [1.54, 1.807) is 41.5 Å². The van der Waals surface area contributed by atoms with Crippen LogP contribution in [0.4, 0.5) is 9.59 Å². The van der Waals surface area contributed by atoms with Gasteiger partial charge in [0.2, 0.25) is 0 Å². The van der Waals surface area contributed by atoms with E-state index >= 15 is 0 Å². The summed E-state index contributed by atoms with van der Waals surface area (Å²) >= 11 is 0. The molecular weight excluding hydrogens is 616 g/mol. The fourth-order valence-corrected chi connectivity index (χ4v) is 4.09. The summed E-state index contributed by atoms with van der Waals surface area (Å²) in [6, 6.07) is 9.22. The SMILES string of the molecule is C[C@@H](OC(=O)C1(N(C)C(=O)OC(C)(C)C)CC1)C(=O)O.C[C@@H](OC(=O)C1(N(C)C(=O)OC(C)(C)C)CC1)C(=O)OCc1ccccc1. The molecule has 0 radical (unpaired) electrons. The van der Waals surface area contributed by atoms with Crippen LogP contribution in [0, 0.1) is 0 Å². The third-order valence-electron chi connectivity index (χ3n) is 7.30. The summed E-state index contributed by atoms with van der Waals surface area (Å²) in [6.45, 7) is 13.3. The van der Waals surface area contributed by atoms with E-state index in [1.807, 2.05) is 30.3 Å². The van der Waals surface area contributed by atoms with Crippen LogP contribution >= 0.6 is 0 Å². The van der Waals surface area contributed by atoms with Gasteiger partial charge in [0.15, 0.2) is 12.2 Å². The Bertz CT molecular complexity index is 1310. The van der Waals surface area contributed by atoms with Gasteiger partial charge in [-0.1, -0.05) is 30.3 Å². The molecule has 3 rings (SSSR count). The number of aliphatic carboxylic acids is 1. The van der Waals surface area contributed by atoms with Crippen LogP contribution in [0.5, 0.6) is 0 Å². The van der Waals surface area contributed by atoms with Crippen molar-refractivity contribution in [3.63, 3.8) is 0 Å². The summed E-state index contributed by atoms with van der Waals surface area (Å²) in [6.07, 6.45) is -1.73. The lowest BCUT2D eigenvalue weighted by atomic mass is 10.2. The van der Waals surface area contributed by atoms with Crippen molar-refractivity contribution in [3.8, 4) is 0 Å². The number of nitrogens with zero attached hydrogens (tertiary/aromatic N) is 2. The van der Waals surface area contributed by atoms with Crippen molar-refractivity contribution < 1.29 is 57.6 Å². The summed E-state index contributed by atoms with van der Waals surface area (Å²) in [4.78, 5) is 74.0. The van der Waals surface area contributed by atoms with Crippen LogP contribution in [-0.4, -0.2) is 99.6 Å². The number of ether oxygens (including phenoxy) is 5. The maximum Gasteiger partial charge on any atom is 0.410 e. The number of hydrogen-bond acceptors (Lipinski definition) is 11. The van der Waals surface area contributed by atoms with Gasteiger partial charge < -0.3 is 28.8 Å². The van der Waals surface area contributed by atoms with Crippen molar-refractivity contribution in [2.45, 2.75) is 122 Å². The number of likely N-dealkylation sites (N-methyl/N-ethyl adjacent to an activating group) is 2. The van der Waals surface area contributed by atoms with Crippen LogP contribution in [-0.2, 0) is 49.5 Å². The fraction of sp³-hybridized carbons (Fsp3) is 0.636. The van der Waals surface area contributed by atoms with E-state index in [0.29, 0.717) is 25.7 Å². The maximum absolute atomic E-state index is 12.5. The molecule has 0 saturated heterocycles. The second-order valence-corrected chi connectivity index (χ2v) is 13.7. The van der Waals surface area contributed by atoms with Gasteiger partial charge in [0.05, 0.1) is 0 Å². The molecule has 1 aromatic carbocycles. The number of rotatable bonds is 10. The van der Waals surface area contributed by atoms with Crippen LogP contribution in [0.15, 0.2) is 30.3 Å². The highest BCUT2D eigenvalue weighted by Crippen LogP contribution is 2.44. The molecule has 262 valence electrons. The molecular formula is C33H48N2O12. The molecule has 14 heteroatoms. The maximum atomic E-state index is 12.5. The normalized spacial score (nSPS) is 16.8. The van der Waals surface area contributed by atoms with E-state index in [0.717, 1.165) is 5.56 Å². The number of carbonyl (C=O) groups is 6. The molecule has 2 fully saturated rings. The average Bonchev–Trinajstić information content (AvgIpc) is 3.89. The number of benzene rings is 1. The molecule has 2 atom stereocenters. The molecule has 0 aromatic heterocycles. The van der Waals surface area contributed by atoms with Gasteiger partial charge in [0, 0.05) is 14.1 Å². The third-order valence-corrected chi connectivity index (χ3v) is 7.30. The lowest BCUT2D eigenvalue weighted by Crippen LogP contribution is -2.48. The van der Waals surface area contributed by atoms with Gasteiger partial charge in [0.1, 0.15) is 28.9 Å². The van der Waals surface area contributed by atoms with Crippen molar-refractivity contribution in [2.75, 3.05) is 14.1 Å². The first-order valence-corrected chi connectivity index (χ1v) is 15.3. The fourth-order valence-electron chi connectivity index (χ4n) is 4.09. The van der Waals surface area contributed by atoms with Crippen LogP contribution in [0.1, 0.15) is 86.6 Å². The summed E-state index contributed by atoms with van der Waals surface area (Å²) in [7, 11) is 2.95. The Morgan fingerprint density at radius 2 is 1.11 bits per heavy atom. The number of carbonyl (C=O) groups excluding carboxylic acids is 5. The average molecular weight is 665 g/mol. The number of esters is 3. The molecule has 14 nitrogen and oxygen atoms in total. The highest BCUT2D eigenvalue weighted by molar-refractivity contribution is 5.91. The van der Waals surface area contributed by atoms with Gasteiger partial charge in [-0.25, -0.2) is 28.8 Å². The number of amides is 2. The molecule has 0 unspecified atom stereocenters. The first kappa shape index (κ1) is 38.8. The molecule has 0 bridgehead atoms. The first-order chi connectivity index (χ1) is 21.5. The van der Waals surface area contributed by atoms with Crippen molar-refractivity contribution in [3.05, 3.63) is 35.9 Å². The van der Waals surface area contributed by atoms with E-state index < -0.39 is 70.6 Å². The molecule has 0 aliphatic heterocycles. The zero-order valence-corrected chi connectivity index (χ0v) is 28.9. The quantitative estimate of drug-likeness (QED) is 0.275. The Kier molecular flexibility index (Phi) is 12.4. The molecule has 47 heavy (non-hydrogen) atoms. The summed E-state index contributed by atoms with van der Waals surface area (Å²) in [5.74, 6) is -3.20. The van der Waals surface area contributed by atoms with Crippen molar-refractivity contribution in [1.82, 2.24) is 9.80 Å². The second kappa shape index (κ2) is 15.0.